The van der Waals surface area contributed by atoms with Gasteiger partial charge in [0, 0.05) is 6.42 Å². The van der Waals surface area contributed by atoms with Crippen molar-refractivity contribution in [1.82, 2.24) is 0 Å². The quantitative estimate of drug-likeness (QED) is 0.660. The fraction of sp³-hybridized carbons (Fsp3) is 0.154. The molecular formula is C13H10O4S. The summed E-state index contributed by atoms with van der Waals surface area (Å²) in [6.45, 7) is 0. The van der Waals surface area contributed by atoms with E-state index in [2.05, 4.69) is 0 Å². The standard InChI is InChI=1S/C13H10O4S/c14-8-13(18(15,16)17)7-10-5-1-3-9-4-2-6-11(13)12(9)10/h1-6,8H,7H2,(H,15,16,17). The highest BCUT2D eigenvalue weighted by Gasteiger charge is 2.49. The molecule has 0 bridgehead atoms. The number of benzene rings is 2. The predicted molar refractivity (Wildman–Crippen MR) is 66.9 cm³/mol. The van der Waals surface area contributed by atoms with E-state index in [1.165, 1.54) is 0 Å². The first kappa shape index (κ1) is 11.4. The summed E-state index contributed by atoms with van der Waals surface area (Å²) in [6, 6.07) is 10.6. The summed E-state index contributed by atoms with van der Waals surface area (Å²) in [5.41, 5.74) is 1.14. The lowest BCUT2D eigenvalue weighted by Gasteiger charge is -2.19. The largest absolute Gasteiger partial charge is 0.301 e. The summed E-state index contributed by atoms with van der Waals surface area (Å²) in [7, 11) is -4.50. The zero-order valence-electron chi connectivity index (χ0n) is 9.33. The van der Waals surface area contributed by atoms with Crippen LogP contribution in [0.1, 0.15) is 11.1 Å². The van der Waals surface area contributed by atoms with E-state index in [9.17, 15) is 17.8 Å². The molecule has 4 nitrogen and oxygen atoms in total. The van der Waals surface area contributed by atoms with Gasteiger partial charge in [-0.25, -0.2) is 0 Å². The molecule has 92 valence electrons. The van der Waals surface area contributed by atoms with Crippen molar-refractivity contribution in [3.63, 3.8) is 0 Å². The first-order chi connectivity index (χ1) is 8.49. The minimum absolute atomic E-state index is 0.00792. The Morgan fingerprint density at radius 2 is 1.83 bits per heavy atom. The second-order valence-corrected chi connectivity index (χ2v) is 6.16. The zero-order valence-corrected chi connectivity index (χ0v) is 10.1. The maximum atomic E-state index is 11.6. The van der Waals surface area contributed by atoms with Gasteiger partial charge >= 0.3 is 0 Å². The van der Waals surface area contributed by atoms with Crippen molar-refractivity contribution in [2.45, 2.75) is 11.2 Å². The van der Waals surface area contributed by atoms with Crippen LogP contribution in [0.5, 0.6) is 0 Å². The highest BCUT2D eigenvalue weighted by Crippen LogP contribution is 2.44. The zero-order chi connectivity index (χ0) is 13.0. The van der Waals surface area contributed by atoms with E-state index < -0.39 is 14.9 Å². The first-order valence-corrected chi connectivity index (χ1v) is 6.88. The summed E-state index contributed by atoms with van der Waals surface area (Å²) in [4.78, 5) is 11.3. The molecule has 0 saturated heterocycles. The molecule has 18 heavy (non-hydrogen) atoms. The van der Waals surface area contributed by atoms with Gasteiger partial charge < -0.3 is 4.79 Å². The van der Waals surface area contributed by atoms with Crippen LogP contribution in [-0.4, -0.2) is 19.3 Å². The van der Waals surface area contributed by atoms with Crippen LogP contribution >= 0.6 is 0 Å². The molecule has 1 unspecified atom stereocenters. The Balaban J connectivity index is 2.48. The van der Waals surface area contributed by atoms with Gasteiger partial charge in [0.05, 0.1) is 0 Å². The molecule has 0 aromatic heterocycles. The third-order valence-corrected chi connectivity index (χ3v) is 4.93. The second-order valence-electron chi connectivity index (χ2n) is 4.48. The molecule has 1 atom stereocenters. The molecule has 1 aliphatic rings. The molecule has 0 spiro atoms. The lowest BCUT2D eigenvalue weighted by Crippen LogP contribution is -2.36. The molecule has 2 aromatic carbocycles. The van der Waals surface area contributed by atoms with Crippen molar-refractivity contribution in [3.05, 3.63) is 47.5 Å². The van der Waals surface area contributed by atoms with Crippen LogP contribution in [0.15, 0.2) is 36.4 Å². The van der Waals surface area contributed by atoms with E-state index >= 15 is 0 Å². The van der Waals surface area contributed by atoms with Gasteiger partial charge in [-0.3, -0.25) is 4.55 Å². The Kier molecular flexibility index (Phi) is 2.15. The molecule has 1 aliphatic carbocycles. The van der Waals surface area contributed by atoms with E-state index in [4.69, 9.17) is 0 Å². The van der Waals surface area contributed by atoms with E-state index in [0.717, 1.165) is 16.3 Å². The Morgan fingerprint density at radius 3 is 2.44 bits per heavy atom. The molecule has 0 aliphatic heterocycles. The van der Waals surface area contributed by atoms with Gasteiger partial charge in [0.2, 0.25) is 0 Å². The van der Waals surface area contributed by atoms with Crippen molar-refractivity contribution in [3.8, 4) is 0 Å². The minimum Gasteiger partial charge on any atom is -0.301 e. The van der Waals surface area contributed by atoms with Gasteiger partial charge in [-0.2, -0.15) is 8.42 Å². The number of hydrogen-bond acceptors (Lipinski definition) is 3. The van der Waals surface area contributed by atoms with Crippen molar-refractivity contribution < 1.29 is 17.8 Å². The van der Waals surface area contributed by atoms with Crippen LogP contribution in [0, 0.1) is 0 Å². The van der Waals surface area contributed by atoms with E-state index in [1.807, 2.05) is 18.2 Å². The van der Waals surface area contributed by atoms with E-state index in [1.54, 1.807) is 18.2 Å². The molecule has 0 fully saturated rings. The SMILES string of the molecule is O=CC1(S(=O)(=O)O)Cc2cccc3cccc1c23. The van der Waals surface area contributed by atoms with Gasteiger partial charge in [0.15, 0.2) is 4.75 Å². The van der Waals surface area contributed by atoms with Gasteiger partial charge in [-0.1, -0.05) is 36.4 Å². The van der Waals surface area contributed by atoms with E-state index in [0.29, 0.717) is 11.8 Å². The predicted octanol–water partition coefficient (Wildman–Crippen LogP) is 1.68. The lowest BCUT2D eigenvalue weighted by atomic mass is 10.0. The van der Waals surface area contributed by atoms with Crippen molar-refractivity contribution in [2.75, 3.05) is 0 Å². The average molecular weight is 262 g/mol. The molecule has 0 amide bonds. The van der Waals surface area contributed by atoms with Crippen LogP contribution < -0.4 is 0 Å². The summed E-state index contributed by atoms with van der Waals surface area (Å²) in [5.74, 6) is 0. The summed E-state index contributed by atoms with van der Waals surface area (Å²) < 4.78 is 30.8. The summed E-state index contributed by atoms with van der Waals surface area (Å²) in [5, 5.41) is 1.63. The van der Waals surface area contributed by atoms with Crippen LogP contribution in [0.3, 0.4) is 0 Å². The maximum Gasteiger partial charge on any atom is 0.282 e. The Bertz CT molecular complexity index is 758. The molecule has 0 radical (unpaired) electrons. The smallest absolute Gasteiger partial charge is 0.282 e. The van der Waals surface area contributed by atoms with Crippen molar-refractivity contribution >= 4 is 27.2 Å². The van der Waals surface area contributed by atoms with Crippen LogP contribution in [0.2, 0.25) is 0 Å². The van der Waals surface area contributed by atoms with E-state index in [-0.39, 0.29) is 6.42 Å². The summed E-state index contributed by atoms with van der Waals surface area (Å²) >= 11 is 0. The fourth-order valence-corrected chi connectivity index (χ4v) is 3.60. The third kappa shape index (κ3) is 1.23. The number of carbonyl (C=O) groups excluding carboxylic acids is 1. The van der Waals surface area contributed by atoms with Gasteiger partial charge in [0.25, 0.3) is 10.1 Å². The van der Waals surface area contributed by atoms with Crippen LogP contribution in [0.25, 0.3) is 10.8 Å². The molecular weight excluding hydrogens is 252 g/mol. The number of aldehydes is 1. The topological polar surface area (TPSA) is 71.4 Å². The molecule has 3 rings (SSSR count). The molecule has 5 heteroatoms. The van der Waals surface area contributed by atoms with Gasteiger partial charge in [-0.05, 0) is 21.9 Å². The fourth-order valence-electron chi connectivity index (χ4n) is 2.69. The Morgan fingerprint density at radius 1 is 1.17 bits per heavy atom. The maximum absolute atomic E-state index is 11.6. The molecule has 0 saturated carbocycles. The highest BCUT2D eigenvalue weighted by atomic mass is 32.2. The monoisotopic (exact) mass is 262 g/mol. The number of carbonyl (C=O) groups is 1. The van der Waals surface area contributed by atoms with Gasteiger partial charge in [-0.15, -0.1) is 0 Å². The number of rotatable bonds is 2. The lowest BCUT2D eigenvalue weighted by molar-refractivity contribution is -0.110. The van der Waals surface area contributed by atoms with Crippen LogP contribution in [-0.2, 0) is 26.1 Å². The van der Waals surface area contributed by atoms with Gasteiger partial charge in [0.1, 0.15) is 6.29 Å². The number of hydrogen-bond donors (Lipinski definition) is 1. The first-order valence-electron chi connectivity index (χ1n) is 5.44. The van der Waals surface area contributed by atoms with Crippen LogP contribution in [0.4, 0.5) is 0 Å². The highest BCUT2D eigenvalue weighted by molar-refractivity contribution is 7.87. The minimum atomic E-state index is -4.50. The average Bonchev–Trinajstić information content (AvgIpc) is 2.67. The third-order valence-electron chi connectivity index (χ3n) is 3.55. The second kappa shape index (κ2) is 3.40. The van der Waals surface area contributed by atoms with Crippen molar-refractivity contribution in [1.29, 1.82) is 0 Å². The van der Waals surface area contributed by atoms with Crippen molar-refractivity contribution in [2.24, 2.45) is 0 Å². The molecule has 0 heterocycles. The molecule has 1 N–H and O–H groups in total. The Hall–Kier alpha value is -1.72. The Labute approximate surface area is 104 Å². The summed E-state index contributed by atoms with van der Waals surface area (Å²) in [6.07, 6.45) is 0.323. The normalized spacial score (nSPS) is 22.3. The molecule has 2 aromatic rings.